The average Bonchev–Trinajstić information content (AvgIpc) is 3.21. The van der Waals surface area contributed by atoms with Crippen molar-refractivity contribution in [2.24, 2.45) is 0 Å². The van der Waals surface area contributed by atoms with Gasteiger partial charge in [0.2, 0.25) is 5.95 Å². The summed E-state index contributed by atoms with van der Waals surface area (Å²) in [5.41, 5.74) is 0.885. The number of halogens is 1. The van der Waals surface area contributed by atoms with Crippen molar-refractivity contribution < 1.29 is 4.74 Å². The van der Waals surface area contributed by atoms with Gasteiger partial charge in [0.25, 0.3) is 0 Å². The van der Waals surface area contributed by atoms with Crippen LogP contribution in [0.15, 0.2) is 67.3 Å². The molecule has 4 rings (SSSR count). The number of nitrogens with zero attached hydrogens (tertiary/aromatic N) is 4. The maximum atomic E-state index is 5.74. The minimum atomic E-state index is 0.542. The SMILES string of the molecule is Ic1ccc2nc(-n3ccnc3)nc(NCCOc3ccccc3)c2c1. The molecule has 0 atom stereocenters. The predicted octanol–water partition coefficient (Wildman–Crippen LogP) is 3.91. The number of rotatable bonds is 6. The van der Waals surface area contributed by atoms with Gasteiger partial charge in [-0.05, 0) is 52.9 Å². The Balaban J connectivity index is 1.57. The Kier molecular flexibility index (Phi) is 4.96. The summed E-state index contributed by atoms with van der Waals surface area (Å²) in [7, 11) is 0. The molecule has 26 heavy (non-hydrogen) atoms. The van der Waals surface area contributed by atoms with Crippen LogP contribution in [0.5, 0.6) is 5.75 Å². The van der Waals surface area contributed by atoms with E-state index in [2.05, 4.69) is 48.9 Å². The zero-order valence-corrected chi connectivity index (χ0v) is 16.0. The number of hydrogen-bond acceptors (Lipinski definition) is 5. The van der Waals surface area contributed by atoms with E-state index in [1.807, 2.05) is 48.7 Å². The zero-order chi connectivity index (χ0) is 17.8. The van der Waals surface area contributed by atoms with Gasteiger partial charge in [0.05, 0.1) is 12.1 Å². The highest BCUT2D eigenvalue weighted by atomic mass is 127. The van der Waals surface area contributed by atoms with Gasteiger partial charge in [-0.25, -0.2) is 9.97 Å². The number of hydrogen-bond donors (Lipinski definition) is 1. The van der Waals surface area contributed by atoms with Crippen LogP contribution in [0.2, 0.25) is 0 Å². The van der Waals surface area contributed by atoms with Crippen LogP contribution in [0.4, 0.5) is 5.82 Å². The van der Waals surface area contributed by atoms with Gasteiger partial charge < -0.3 is 10.1 Å². The molecule has 0 aliphatic heterocycles. The second-order valence-corrected chi connectivity index (χ2v) is 6.84. The number of benzene rings is 2. The summed E-state index contributed by atoms with van der Waals surface area (Å²) in [6.45, 7) is 1.18. The van der Waals surface area contributed by atoms with Crippen LogP contribution < -0.4 is 10.1 Å². The van der Waals surface area contributed by atoms with Crippen molar-refractivity contribution in [3.63, 3.8) is 0 Å². The highest BCUT2D eigenvalue weighted by Crippen LogP contribution is 2.23. The third-order valence-electron chi connectivity index (χ3n) is 3.79. The number of aromatic nitrogens is 4. The molecule has 1 N–H and O–H groups in total. The molecular formula is C19H16IN5O. The lowest BCUT2D eigenvalue weighted by molar-refractivity contribution is 0.333. The zero-order valence-electron chi connectivity index (χ0n) is 13.8. The van der Waals surface area contributed by atoms with Gasteiger partial charge in [-0.2, -0.15) is 4.98 Å². The number of para-hydroxylation sites is 1. The molecule has 0 bridgehead atoms. The molecule has 6 nitrogen and oxygen atoms in total. The lowest BCUT2D eigenvalue weighted by atomic mass is 10.2. The molecule has 0 radical (unpaired) electrons. The van der Waals surface area contributed by atoms with Crippen molar-refractivity contribution in [3.05, 3.63) is 70.8 Å². The first-order valence-corrected chi connectivity index (χ1v) is 9.25. The molecule has 2 heterocycles. The third kappa shape index (κ3) is 3.77. The van der Waals surface area contributed by atoms with Crippen molar-refractivity contribution in [3.8, 4) is 11.7 Å². The summed E-state index contributed by atoms with van der Waals surface area (Å²) in [5, 5.41) is 4.36. The Bertz CT molecular complexity index is 1010. The monoisotopic (exact) mass is 457 g/mol. The maximum absolute atomic E-state index is 5.74. The van der Waals surface area contributed by atoms with Gasteiger partial charge in [-0.15, -0.1) is 0 Å². The molecule has 2 aromatic heterocycles. The minimum absolute atomic E-state index is 0.542. The van der Waals surface area contributed by atoms with Crippen LogP contribution >= 0.6 is 22.6 Å². The van der Waals surface area contributed by atoms with E-state index in [0.29, 0.717) is 19.1 Å². The summed E-state index contributed by atoms with van der Waals surface area (Å²) in [6.07, 6.45) is 5.23. The van der Waals surface area contributed by atoms with Crippen molar-refractivity contribution >= 4 is 39.3 Å². The molecule has 7 heteroatoms. The first kappa shape index (κ1) is 16.8. The van der Waals surface area contributed by atoms with Crippen LogP contribution in [0.3, 0.4) is 0 Å². The molecule has 2 aromatic carbocycles. The number of imidazole rings is 1. The number of anilines is 1. The Morgan fingerprint density at radius 3 is 2.77 bits per heavy atom. The topological polar surface area (TPSA) is 64.9 Å². The molecular weight excluding hydrogens is 441 g/mol. The summed E-state index contributed by atoms with van der Waals surface area (Å²) in [5.74, 6) is 2.23. The lowest BCUT2D eigenvalue weighted by Crippen LogP contribution is -2.14. The van der Waals surface area contributed by atoms with E-state index < -0.39 is 0 Å². The third-order valence-corrected chi connectivity index (χ3v) is 4.46. The maximum Gasteiger partial charge on any atom is 0.237 e. The van der Waals surface area contributed by atoms with E-state index in [1.165, 1.54) is 0 Å². The van der Waals surface area contributed by atoms with E-state index in [1.54, 1.807) is 17.1 Å². The fourth-order valence-corrected chi connectivity index (χ4v) is 3.06. The van der Waals surface area contributed by atoms with E-state index in [0.717, 1.165) is 26.0 Å². The Morgan fingerprint density at radius 1 is 1.08 bits per heavy atom. The van der Waals surface area contributed by atoms with Gasteiger partial charge in [-0.1, -0.05) is 18.2 Å². The number of ether oxygens (including phenoxy) is 1. The summed E-state index contributed by atoms with van der Waals surface area (Å²) in [4.78, 5) is 13.4. The Labute approximate surface area is 164 Å². The summed E-state index contributed by atoms with van der Waals surface area (Å²) >= 11 is 2.29. The highest BCUT2D eigenvalue weighted by molar-refractivity contribution is 14.1. The molecule has 0 fully saturated rings. The average molecular weight is 457 g/mol. The first-order valence-electron chi connectivity index (χ1n) is 8.17. The fraction of sp³-hybridized carbons (Fsp3) is 0.105. The van der Waals surface area contributed by atoms with E-state index in [9.17, 15) is 0 Å². The van der Waals surface area contributed by atoms with Crippen molar-refractivity contribution in [2.45, 2.75) is 0 Å². The summed E-state index contributed by atoms with van der Waals surface area (Å²) < 4.78 is 8.67. The molecule has 0 unspecified atom stereocenters. The van der Waals surface area contributed by atoms with Gasteiger partial charge >= 0.3 is 0 Å². The Morgan fingerprint density at radius 2 is 1.96 bits per heavy atom. The van der Waals surface area contributed by atoms with Crippen LogP contribution in [0.1, 0.15) is 0 Å². The second-order valence-electron chi connectivity index (χ2n) is 5.59. The van der Waals surface area contributed by atoms with Crippen LogP contribution in [0, 0.1) is 3.57 Å². The van der Waals surface area contributed by atoms with Gasteiger partial charge in [-0.3, -0.25) is 4.57 Å². The van der Waals surface area contributed by atoms with E-state index in [4.69, 9.17) is 4.74 Å². The standard InChI is InChI=1S/C19H16IN5O/c20-14-6-7-17-16(12-14)18(24-19(23-17)25-10-8-21-13-25)22-9-11-26-15-4-2-1-3-5-15/h1-8,10,12-13H,9,11H2,(H,22,23,24). The largest absolute Gasteiger partial charge is 0.492 e. The van der Waals surface area contributed by atoms with Crippen LogP contribution in [-0.2, 0) is 0 Å². The van der Waals surface area contributed by atoms with Crippen molar-refractivity contribution in [1.82, 2.24) is 19.5 Å². The van der Waals surface area contributed by atoms with E-state index >= 15 is 0 Å². The quantitative estimate of drug-likeness (QED) is 0.352. The Hall–Kier alpha value is -2.68. The number of nitrogens with one attached hydrogen (secondary N) is 1. The van der Waals surface area contributed by atoms with Crippen molar-refractivity contribution in [1.29, 1.82) is 0 Å². The normalized spacial score (nSPS) is 10.8. The first-order chi connectivity index (χ1) is 12.8. The molecule has 0 saturated heterocycles. The second kappa shape index (κ2) is 7.69. The molecule has 0 aliphatic carbocycles. The smallest absolute Gasteiger partial charge is 0.237 e. The summed E-state index contributed by atoms with van der Waals surface area (Å²) in [6, 6.07) is 15.9. The van der Waals surface area contributed by atoms with Crippen LogP contribution in [-0.4, -0.2) is 32.7 Å². The molecule has 0 spiro atoms. The predicted molar refractivity (Wildman–Crippen MR) is 110 cm³/mol. The van der Waals surface area contributed by atoms with Gasteiger partial charge in [0.1, 0.15) is 24.5 Å². The lowest BCUT2D eigenvalue weighted by Gasteiger charge is -2.12. The molecule has 0 saturated carbocycles. The van der Waals surface area contributed by atoms with Gasteiger partial charge in [0, 0.05) is 21.4 Å². The van der Waals surface area contributed by atoms with Crippen molar-refractivity contribution in [2.75, 3.05) is 18.5 Å². The highest BCUT2D eigenvalue weighted by Gasteiger charge is 2.09. The number of fused-ring (bicyclic) bond motifs is 1. The van der Waals surface area contributed by atoms with Gasteiger partial charge in [0.15, 0.2) is 0 Å². The fourth-order valence-electron chi connectivity index (χ4n) is 2.57. The van der Waals surface area contributed by atoms with E-state index in [-0.39, 0.29) is 0 Å². The van der Waals surface area contributed by atoms with Crippen LogP contribution in [0.25, 0.3) is 16.9 Å². The molecule has 130 valence electrons. The minimum Gasteiger partial charge on any atom is -0.492 e. The molecule has 4 aromatic rings. The molecule has 0 amide bonds. The molecule has 0 aliphatic rings.